The summed E-state index contributed by atoms with van der Waals surface area (Å²) in [7, 11) is 0. The molecule has 96 valence electrons. The van der Waals surface area contributed by atoms with E-state index in [4.69, 9.17) is 17.3 Å². The van der Waals surface area contributed by atoms with Gasteiger partial charge in [-0.05, 0) is 68.5 Å². The van der Waals surface area contributed by atoms with E-state index in [9.17, 15) is 0 Å². The smallest absolute Gasteiger partial charge is 0.166 e. The second-order valence-corrected chi connectivity index (χ2v) is 6.71. The largest absolute Gasteiger partial charge is 0.395 e. The molecule has 0 aromatic rings. The Labute approximate surface area is 108 Å². The third kappa shape index (κ3) is 2.29. The second-order valence-electron chi connectivity index (χ2n) is 6.30. The number of nitrogens with one attached hydrogen (secondary N) is 2. The van der Waals surface area contributed by atoms with E-state index in [-0.39, 0.29) is 12.1 Å². The van der Waals surface area contributed by atoms with Crippen LogP contribution in [0.15, 0.2) is 0 Å². The molecule has 17 heavy (non-hydrogen) atoms. The van der Waals surface area contributed by atoms with E-state index >= 15 is 0 Å². The van der Waals surface area contributed by atoms with Gasteiger partial charge in [0.1, 0.15) is 0 Å². The molecule has 0 aromatic carbocycles. The molecule has 4 heteroatoms. The maximum Gasteiger partial charge on any atom is 0.166 e. The molecule has 0 heterocycles. The van der Waals surface area contributed by atoms with Crippen LogP contribution in [-0.4, -0.2) is 28.9 Å². The van der Waals surface area contributed by atoms with Gasteiger partial charge in [-0.1, -0.05) is 0 Å². The second kappa shape index (κ2) is 4.39. The first-order valence-corrected chi connectivity index (χ1v) is 7.27. The number of rotatable bonds is 3. The molecule has 0 aliphatic heterocycles. The zero-order valence-electron chi connectivity index (χ0n) is 10.2. The first-order valence-electron chi connectivity index (χ1n) is 6.86. The maximum absolute atomic E-state index is 8.79. The topological polar surface area (TPSA) is 44.3 Å². The van der Waals surface area contributed by atoms with Crippen LogP contribution >= 0.6 is 12.2 Å². The molecular weight excluding hydrogens is 232 g/mol. The predicted molar refractivity (Wildman–Crippen MR) is 71.7 cm³/mol. The van der Waals surface area contributed by atoms with E-state index in [0.717, 1.165) is 22.9 Å². The summed E-state index contributed by atoms with van der Waals surface area (Å²) in [4.78, 5) is 0. The van der Waals surface area contributed by atoms with Crippen LogP contribution in [0.3, 0.4) is 0 Å². The van der Waals surface area contributed by atoms with Crippen molar-refractivity contribution in [2.24, 2.45) is 17.8 Å². The number of aliphatic hydroxyl groups excluding tert-OH is 1. The van der Waals surface area contributed by atoms with Gasteiger partial charge in [0.25, 0.3) is 0 Å². The van der Waals surface area contributed by atoms with Crippen molar-refractivity contribution < 1.29 is 5.11 Å². The molecule has 0 atom stereocenters. The first-order chi connectivity index (χ1) is 8.19. The molecule has 3 nitrogen and oxygen atoms in total. The van der Waals surface area contributed by atoms with Crippen molar-refractivity contribution in [3.05, 3.63) is 0 Å². The Balaban J connectivity index is 1.64. The lowest BCUT2D eigenvalue weighted by molar-refractivity contribution is -0.0101. The summed E-state index contributed by atoms with van der Waals surface area (Å²) in [6.45, 7) is 0.695. The fourth-order valence-electron chi connectivity index (χ4n) is 4.72. The van der Waals surface area contributed by atoms with Crippen LogP contribution < -0.4 is 10.6 Å². The number of thiocarbonyl (C=S) groups is 1. The molecule has 0 saturated heterocycles. The van der Waals surface area contributed by atoms with Gasteiger partial charge < -0.3 is 15.7 Å². The minimum absolute atomic E-state index is 0.142. The first kappa shape index (κ1) is 11.7. The van der Waals surface area contributed by atoms with Gasteiger partial charge >= 0.3 is 0 Å². The van der Waals surface area contributed by atoms with Crippen LogP contribution in [0.2, 0.25) is 0 Å². The summed E-state index contributed by atoms with van der Waals surface area (Å²) in [5.74, 6) is 2.82. The molecule has 4 rings (SSSR count). The summed E-state index contributed by atoms with van der Waals surface area (Å²) < 4.78 is 0. The minimum atomic E-state index is 0.142. The van der Waals surface area contributed by atoms with Gasteiger partial charge in [-0.15, -0.1) is 0 Å². The van der Waals surface area contributed by atoms with Crippen molar-refractivity contribution in [3.8, 4) is 0 Å². The van der Waals surface area contributed by atoms with Gasteiger partial charge in [-0.2, -0.15) is 0 Å². The highest BCUT2D eigenvalue weighted by atomic mass is 32.1. The van der Waals surface area contributed by atoms with Crippen LogP contribution in [0.1, 0.15) is 38.5 Å². The summed E-state index contributed by atoms with van der Waals surface area (Å²) >= 11 is 5.32. The Hall–Kier alpha value is -0.350. The van der Waals surface area contributed by atoms with Gasteiger partial charge in [0, 0.05) is 12.1 Å². The summed E-state index contributed by atoms with van der Waals surface area (Å²) in [6.07, 6.45) is 8.28. The number of hydrogen-bond acceptors (Lipinski definition) is 2. The highest BCUT2D eigenvalue weighted by Crippen LogP contribution is 2.55. The van der Waals surface area contributed by atoms with E-state index in [1.54, 1.807) is 0 Å². The molecule has 0 amide bonds. The number of aliphatic hydroxyl groups is 1. The molecule has 0 radical (unpaired) electrons. The van der Waals surface area contributed by atoms with Crippen molar-refractivity contribution in [1.82, 2.24) is 10.6 Å². The van der Waals surface area contributed by atoms with Gasteiger partial charge in [0.2, 0.25) is 0 Å². The Kier molecular flexibility index (Phi) is 3.03. The molecule has 4 fully saturated rings. The minimum Gasteiger partial charge on any atom is -0.395 e. The quantitative estimate of drug-likeness (QED) is 0.666. The fraction of sp³-hybridized carbons (Fsp3) is 0.923. The van der Waals surface area contributed by atoms with Crippen molar-refractivity contribution >= 4 is 17.3 Å². The monoisotopic (exact) mass is 254 g/mol. The van der Waals surface area contributed by atoms with Gasteiger partial charge in [0.15, 0.2) is 5.11 Å². The zero-order valence-corrected chi connectivity index (χ0v) is 11.1. The Morgan fingerprint density at radius 2 is 1.65 bits per heavy atom. The van der Waals surface area contributed by atoms with E-state index in [0.29, 0.717) is 6.54 Å². The van der Waals surface area contributed by atoms with Crippen LogP contribution in [0.5, 0.6) is 0 Å². The third-order valence-electron chi connectivity index (χ3n) is 4.81. The molecule has 0 aromatic heterocycles. The molecule has 4 aliphatic rings. The Morgan fingerprint density at radius 3 is 2.12 bits per heavy atom. The van der Waals surface area contributed by atoms with Crippen LogP contribution in [0.25, 0.3) is 0 Å². The molecule has 0 spiro atoms. The molecule has 4 saturated carbocycles. The molecule has 4 bridgehead atoms. The number of hydrogen-bond donors (Lipinski definition) is 3. The summed E-state index contributed by atoms with van der Waals surface area (Å²) in [6, 6.07) is 0. The Bertz CT molecular complexity index is 283. The molecule has 0 unspecified atom stereocenters. The molecule has 4 aliphatic carbocycles. The normalized spacial score (nSPS) is 42.5. The Morgan fingerprint density at radius 1 is 1.12 bits per heavy atom. The lowest BCUT2D eigenvalue weighted by Crippen LogP contribution is -2.61. The van der Waals surface area contributed by atoms with E-state index in [1.807, 2.05) is 0 Å². The average molecular weight is 254 g/mol. The third-order valence-corrected chi connectivity index (χ3v) is 5.06. The molecule has 3 N–H and O–H groups in total. The predicted octanol–water partition coefficient (Wildman–Crippen LogP) is 1.41. The zero-order chi connectivity index (χ0) is 11.9. The standard InChI is InChI=1S/C13H22N2OS/c16-2-1-14-12(17)15-13-6-9-3-10(7-13)5-11(4-9)8-13/h9-11,16H,1-8H2,(H2,14,15,17). The maximum atomic E-state index is 8.79. The van der Waals surface area contributed by atoms with E-state index < -0.39 is 0 Å². The lowest BCUT2D eigenvalue weighted by Gasteiger charge is -2.57. The SMILES string of the molecule is OCCNC(=S)NC12CC3CC(CC(C3)C1)C2. The average Bonchev–Trinajstić information content (AvgIpc) is 2.23. The van der Waals surface area contributed by atoms with Gasteiger partial charge in [-0.3, -0.25) is 0 Å². The van der Waals surface area contributed by atoms with Crippen LogP contribution in [0, 0.1) is 17.8 Å². The molecular formula is C13H22N2OS. The van der Waals surface area contributed by atoms with Crippen molar-refractivity contribution in [2.45, 2.75) is 44.1 Å². The summed E-state index contributed by atoms with van der Waals surface area (Å²) in [5.41, 5.74) is 0.286. The van der Waals surface area contributed by atoms with Crippen LogP contribution in [0.4, 0.5) is 0 Å². The highest BCUT2D eigenvalue weighted by Gasteiger charge is 2.51. The lowest BCUT2D eigenvalue weighted by atomic mass is 9.53. The fourth-order valence-corrected chi connectivity index (χ4v) is 5.04. The van der Waals surface area contributed by atoms with Crippen LogP contribution in [-0.2, 0) is 0 Å². The summed E-state index contributed by atoms with van der Waals surface area (Å²) in [5, 5.41) is 16.2. The van der Waals surface area contributed by atoms with E-state index in [1.165, 1.54) is 38.5 Å². The highest BCUT2D eigenvalue weighted by molar-refractivity contribution is 7.80. The van der Waals surface area contributed by atoms with Gasteiger partial charge in [-0.25, -0.2) is 0 Å². The van der Waals surface area contributed by atoms with E-state index in [2.05, 4.69) is 10.6 Å². The van der Waals surface area contributed by atoms with Crippen molar-refractivity contribution in [2.75, 3.05) is 13.2 Å². The van der Waals surface area contributed by atoms with Crippen molar-refractivity contribution in [1.29, 1.82) is 0 Å². The van der Waals surface area contributed by atoms with Gasteiger partial charge in [0.05, 0.1) is 6.61 Å². The van der Waals surface area contributed by atoms with Crippen molar-refractivity contribution in [3.63, 3.8) is 0 Å².